The molecular formula is C20H25NO5. The molecule has 0 unspecified atom stereocenters. The van der Waals surface area contributed by atoms with Gasteiger partial charge in [-0.25, -0.2) is 9.59 Å². The highest BCUT2D eigenvalue weighted by Gasteiger charge is 2.31. The summed E-state index contributed by atoms with van der Waals surface area (Å²) in [7, 11) is 0. The fraction of sp³-hybridized carbons (Fsp3) is 0.400. The van der Waals surface area contributed by atoms with E-state index in [0.29, 0.717) is 5.56 Å². The molecule has 0 heterocycles. The van der Waals surface area contributed by atoms with Crippen molar-refractivity contribution in [2.45, 2.75) is 45.4 Å². The molecule has 0 bridgehead atoms. The van der Waals surface area contributed by atoms with E-state index in [2.05, 4.69) is 5.32 Å². The number of carbonyl (C=O) groups is 2. The van der Waals surface area contributed by atoms with Gasteiger partial charge in [-0.15, -0.1) is 0 Å². The SMILES string of the molecule is CCOC(=O)[C@H](O)[C@H](NC(=O)OC(C)(C)C)c1ccc2ccccc2c1. The first kappa shape index (κ1) is 19.7. The number of alkyl carbamates (subject to hydrolysis) is 1. The number of aliphatic hydroxyl groups is 1. The lowest BCUT2D eigenvalue weighted by atomic mass is 9.98. The van der Waals surface area contributed by atoms with Gasteiger partial charge in [0.1, 0.15) is 5.60 Å². The van der Waals surface area contributed by atoms with Crippen molar-refractivity contribution < 1.29 is 24.2 Å². The molecule has 0 aliphatic heterocycles. The lowest BCUT2D eigenvalue weighted by Gasteiger charge is -2.26. The van der Waals surface area contributed by atoms with Gasteiger partial charge >= 0.3 is 12.1 Å². The third-order valence-electron chi connectivity index (χ3n) is 3.65. The molecule has 0 aliphatic rings. The topological polar surface area (TPSA) is 84.9 Å². The molecule has 0 saturated heterocycles. The Balaban J connectivity index is 2.34. The van der Waals surface area contributed by atoms with Crippen LogP contribution in [0.25, 0.3) is 10.8 Å². The first-order chi connectivity index (χ1) is 12.2. The summed E-state index contributed by atoms with van der Waals surface area (Å²) in [5.74, 6) is -0.804. The first-order valence-electron chi connectivity index (χ1n) is 8.54. The van der Waals surface area contributed by atoms with Crippen LogP contribution in [0.15, 0.2) is 42.5 Å². The molecule has 26 heavy (non-hydrogen) atoms. The summed E-state index contributed by atoms with van der Waals surface area (Å²) >= 11 is 0. The minimum atomic E-state index is -1.55. The number of ether oxygens (including phenoxy) is 2. The van der Waals surface area contributed by atoms with E-state index < -0.39 is 29.8 Å². The molecule has 6 nitrogen and oxygen atoms in total. The molecule has 0 saturated carbocycles. The average molecular weight is 359 g/mol. The van der Waals surface area contributed by atoms with Gasteiger partial charge in [-0.3, -0.25) is 0 Å². The van der Waals surface area contributed by atoms with E-state index in [1.807, 2.05) is 36.4 Å². The Labute approximate surface area is 153 Å². The minimum absolute atomic E-state index is 0.132. The van der Waals surface area contributed by atoms with Gasteiger partial charge in [0.15, 0.2) is 6.10 Å². The average Bonchev–Trinajstić information content (AvgIpc) is 2.57. The molecule has 0 aromatic heterocycles. The molecule has 0 radical (unpaired) electrons. The Bertz CT molecular complexity index is 781. The van der Waals surface area contributed by atoms with E-state index in [0.717, 1.165) is 10.8 Å². The summed E-state index contributed by atoms with van der Waals surface area (Å²) in [6.45, 7) is 6.99. The zero-order chi connectivity index (χ0) is 19.3. The molecule has 1 amide bonds. The van der Waals surface area contributed by atoms with E-state index in [1.54, 1.807) is 33.8 Å². The van der Waals surface area contributed by atoms with Crippen molar-refractivity contribution >= 4 is 22.8 Å². The molecule has 2 rings (SSSR count). The van der Waals surface area contributed by atoms with Gasteiger partial charge in [0.05, 0.1) is 12.6 Å². The zero-order valence-electron chi connectivity index (χ0n) is 15.5. The fourth-order valence-electron chi connectivity index (χ4n) is 2.54. The lowest BCUT2D eigenvalue weighted by molar-refractivity contribution is -0.154. The van der Waals surface area contributed by atoms with Crippen LogP contribution in [0.3, 0.4) is 0 Å². The van der Waals surface area contributed by atoms with Gasteiger partial charge in [-0.1, -0.05) is 36.4 Å². The Morgan fingerprint density at radius 1 is 1.12 bits per heavy atom. The van der Waals surface area contributed by atoms with Gasteiger partial charge in [0.25, 0.3) is 0 Å². The third kappa shape index (κ3) is 5.20. The van der Waals surface area contributed by atoms with Crippen molar-refractivity contribution in [3.8, 4) is 0 Å². The summed E-state index contributed by atoms with van der Waals surface area (Å²) < 4.78 is 10.1. The number of hydrogen-bond acceptors (Lipinski definition) is 5. The molecule has 0 aliphatic carbocycles. The minimum Gasteiger partial charge on any atom is -0.464 e. The van der Waals surface area contributed by atoms with Crippen LogP contribution in [-0.2, 0) is 14.3 Å². The summed E-state index contributed by atoms with van der Waals surface area (Å²) in [5.41, 5.74) is -0.123. The van der Waals surface area contributed by atoms with Crippen LogP contribution in [0, 0.1) is 0 Å². The highest BCUT2D eigenvalue weighted by Crippen LogP contribution is 2.24. The second-order valence-electron chi connectivity index (χ2n) is 6.93. The van der Waals surface area contributed by atoms with E-state index in [9.17, 15) is 14.7 Å². The van der Waals surface area contributed by atoms with Crippen molar-refractivity contribution in [2.24, 2.45) is 0 Å². The molecular weight excluding hydrogens is 334 g/mol. The van der Waals surface area contributed by atoms with Crippen molar-refractivity contribution in [2.75, 3.05) is 6.61 Å². The molecule has 2 N–H and O–H groups in total. The summed E-state index contributed by atoms with van der Waals surface area (Å²) in [5, 5.41) is 15.0. The number of aliphatic hydroxyl groups excluding tert-OH is 1. The van der Waals surface area contributed by atoms with E-state index in [1.165, 1.54) is 0 Å². The molecule has 2 aromatic carbocycles. The van der Waals surface area contributed by atoms with Crippen molar-refractivity contribution in [1.82, 2.24) is 5.32 Å². The quantitative estimate of drug-likeness (QED) is 0.800. The third-order valence-corrected chi connectivity index (χ3v) is 3.65. The lowest BCUT2D eigenvalue weighted by Crippen LogP contribution is -2.43. The largest absolute Gasteiger partial charge is 0.464 e. The second-order valence-corrected chi connectivity index (χ2v) is 6.93. The Morgan fingerprint density at radius 3 is 2.38 bits per heavy atom. The Hall–Kier alpha value is -2.60. The summed E-state index contributed by atoms with van der Waals surface area (Å²) in [4.78, 5) is 24.2. The number of nitrogens with one attached hydrogen (secondary N) is 1. The van der Waals surface area contributed by atoms with Crippen molar-refractivity contribution in [3.05, 3.63) is 48.0 Å². The molecule has 0 spiro atoms. The maximum absolute atomic E-state index is 12.2. The standard InChI is InChI=1S/C20H25NO5/c1-5-25-18(23)17(22)16(21-19(24)26-20(2,3)4)15-11-10-13-8-6-7-9-14(13)12-15/h6-12,16-17,22H,5H2,1-4H3,(H,21,24)/t16-,17-/m1/s1. The van der Waals surface area contributed by atoms with Crippen molar-refractivity contribution in [1.29, 1.82) is 0 Å². The number of benzene rings is 2. The van der Waals surface area contributed by atoms with Gasteiger partial charge in [0.2, 0.25) is 0 Å². The number of hydrogen-bond donors (Lipinski definition) is 2. The van der Waals surface area contributed by atoms with E-state index in [4.69, 9.17) is 9.47 Å². The maximum Gasteiger partial charge on any atom is 0.408 e. The Morgan fingerprint density at radius 2 is 1.77 bits per heavy atom. The van der Waals surface area contributed by atoms with Crippen LogP contribution in [0.4, 0.5) is 4.79 Å². The number of carbonyl (C=O) groups excluding carboxylic acids is 2. The summed E-state index contributed by atoms with van der Waals surface area (Å²) in [6.07, 6.45) is -2.28. The first-order valence-corrected chi connectivity index (χ1v) is 8.54. The monoisotopic (exact) mass is 359 g/mol. The predicted molar refractivity (Wildman–Crippen MR) is 98.7 cm³/mol. The van der Waals surface area contributed by atoms with Gasteiger partial charge in [-0.2, -0.15) is 0 Å². The van der Waals surface area contributed by atoms with Gasteiger partial charge in [0, 0.05) is 0 Å². The van der Waals surface area contributed by atoms with Gasteiger partial charge in [-0.05, 0) is 50.1 Å². The highest BCUT2D eigenvalue weighted by molar-refractivity contribution is 5.84. The zero-order valence-corrected chi connectivity index (χ0v) is 15.5. The predicted octanol–water partition coefficient (Wildman–Crippen LogP) is 3.33. The molecule has 2 aromatic rings. The van der Waals surface area contributed by atoms with Crippen LogP contribution >= 0.6 is 0 Å². The molecule has 0 fully saturated rings. The van der Waals surface area contributed by atoms with Crippen LogP contribution in [0.2, 0.25) is 0 Å². The number of rotatable bonds is 5. The van der Waals surface area contributed by atoms with Crippen molar-refractivity contribution in [3.63, 3.8) is 0 Å². The van der Waals surface area contributed by atoms with Crippen LogP contribution in [0.5, 0.6) is 0 Å². The number of fused-ring (bicyclic) bond motifs is 1. The Kier molecular flexibility index (Phi) is 6.21. The molecule has 2 atom stereocenters. The smallest absolute Gasteiger partial charge is 0.408 e. The number of esters is 1. The summed E-state index contributed by atoms with van der Waals surface area (Å²) in [6, 6.07) is 12.1. The van der Waals surface area contributed by atoms with Crippen LogP contribution in [-0.4, -0.2) is 35.5 Å². The normalized spacial score (nSPS) is 13.7. The van der Waals surface area contributed by atoms with E-state index >= 15 is 0 Å². The highest BCUT2D eigenvalue weighted by atomic mass is 16.6. The second kappa shape index (κ2) is 8.19. The van der Waals surface area contributed by atoms with Crippen LogP contribution in [0.1, 0.15) is 39.3 Å². The molecule has 6 heteroatoms. The van der Waals surface area contributed by atoms with E-state index in [-0.39, 0.29) is 6.61 Å². The van der Waals surface area contributed by atoms with Crippen LogP contribution < -0.4 is 5.32 Å². The van der Waals surface area contributed by atoms with Gasteiger partial charge < -0.3 is 19.9 Å². The fourth-order valence-corrected chi connectivity index (χ4v) is 2.54. The number of amides is 1. The molecule has 140 valence electrons. The maximum atomic E-state index is 12.2.